The number of primary amides is 1. The first-order valence-electron chi connectivity index (χ1n) is 13.1. The van der Waals surface area contributed by atoms with Crippen LogP contribution >= 0.6 is 0 Å². The molecule has 0 spiro atoms. The van der Waals surface area contributed by atoms with Crippen molar-refractivity contribution in [1.29, 1.82) is 0 Å². The fourth-order valence-electron chi connectivity index (χ4n) is 5.74. The Morgan fingerprint density at radius 3 is 2.64 bits per heavy atom. The molecule has 0 saturated carbocycles. The lowest BCUT2D eigenvalue weighted by molar-refractivity contribution is -0.128. The van der Waals surface area contributed by atoms with Crippen LogP contribution in [-0.4, -0.2) is 56.6 Å². The van der Waals surface area contributed by atoms with E-state index in [1.807, 2.05) is 36.4 Å². The number of carbonyl (C=O) groups excluding carboxylic acids is 2. The summed E-state index contributed by atoms with van der Waals surface area (Å²) in [6.45, 7) is 4.11. The second kappa shape index (κ2) is 10.1. The molecule has 1 saturated heterocycles. The van der Waals surface area contributed by atoms with Crippen LogP contribution in [0.2, 0.25) is 0 Å². The molecule has 2 unspecified atom stereocenters. The Balaban J connectivity index is 1.31. The molecule has 9 heteroatoms. The van der Waals surface area contributed by atoms with E-state index in [9.17, 15) is 14.0 Å². The maximum Gasteiger partial charge on any atom is 0.269 e. The number of fused-ring (bicyclic) bond motifs is 2. The minimum Gasteiger partial charge on any atom is -0.364 e. The lowest BCUT2D eigenvalue weighted by Crippen LogP contribution is -2.52. The van der Waals surface area contributed by atoms with Crippen molar-refractivity contribution >= 4 is 17.5 Å². The van der Waals surface area contributed by atoms with Crippen LogP contribution < -0.4 is 11.1 Å². The van der Waals surface area contributed by atoms with Gasteiger partial charge in [0.15, 0.2) is 5.65 Å². The van der Waals surface area contributed by atoms with Crippen molar-refractivity contribution in [3.63, 3.8) is 0 Å². The molecule has 2 amide bonds. The van der Waals surface area contributed by atoms with Crippen molar-refractivity contribution in [2.45, 2.75) is 37.5 Å². The average Bonchev–Trinajstić information content (AvgIpc) is 3.54. The SMILES string of the molecule is C=CC(=O)N1CCC(N[C@H]2CCc3cc(-c4nc5ccc(C(N)=O)nn5c4-c4ccccc4)ccc32)C(F)C1. The Bertz CT molecular complexity index is 1580. The molecule has 3 heterocycles. The molecule has 39 heavy (non-hydrogen) atoms. The number of imidazole rings is 1. The van der Waals surface area contributed by atoms with Crippen LogP contribution in [0.25, 0.3) is 28.2 Å². The molecule has 198 valence electrons. The highest BCUT2D eigenvalue weighted by Gasteiger charge is 2.34. The number of halogens is 1. The van der Waals surface area contributed by atoms with Crippen LogP contribution in [0, 0.1) is 0 Å². The van der Waals surface area contributed by atoms with Crippen molar-refractivity contribution in [2.75, 3.05) is 13.1 Å². The third-order valence-corrected chi connectivity index (χ3v) is 7.71. The highest BCUT2D eigenvalue weighted by Crippen LogP contribution is 2.38. The zero-order valence-corrected chi connectivity index (χ0v) is 21.4. The van der Waals surface area contributed by atoms with Gasteiger partial charge >= 0.3 is 0 Å². The second-order valence-electron chi connectivity index (χ2n) is 10.1. The van der Waals surface area contributed by atoms with Gasteiger partial charge in [0, 0.05) is 29.8 Å². The number of benzene rings is 2. The maximum absolute atomic E-state index is 15.0. The number of carbonyl (C=O) groups is 2. The molecule has 2 aromatic carbocycles. The van der Waals surface area contributed by atoms with Gasteiger partial charge in [0.2, 0.25) is 5.91 Å². The van der Waals surface area contributed by atoms with E-state index in [0.717, 1.165) is 40.9 Å². The minimum absolute atomic E-state index is 0.0495. The molecule has 1 fully saturated rings. The Kier molecular flexibility index (Phi) is 6.44. The first kappa shape index (κ1) is 24.9. The fraction of sp³-hybridized carbons (Fsp3) is 0.267. The Morgan fingerprint density at radius 1 is 1.08 bits per heavy atom. The first-order chi connectivity index (χ1) is 18.9. The number of hydrogen-bond acceptors (Lipinski definition) is 5. The van der Waals surface area contributed by atoms with Crippen molar-refractivity contribution in [3.8, 4) is 22.5 Å². The first-order valence-corrected chi connectivity index (χ1v) is 13.1. The number of aromatic nitrogens is 3. The normalized spacial score (nSPS) is 20.6. The largest absolute Gasteiger partial charge is 0.364 e. The van der Waals surface area contributed by atoms with E-state index < -0.39 is 12.1 Å². The number of amides is 2. The van der Waals surface area contributed by atoms with Gasteiger partial charge in [0.05, 0.1) is 12.2 Å². The predicted octanol–water partition coefficient (Wildman–Crippen LogP) is 3.86. The molecule has 1 aliphatic heterocycles. The third-order valence-electron chi connectivity index (χ3n) is 7.71. The Labute approximate surface area is 225 Å². The Morgan fingerprint density at radius 2 is 1.90 bits per heavy atom. The molecule has 0 radical (unpaired) electrons. The van der Waals surface area contributed by atoms with Crippen LogP contribution in [-0.2, 0) is 11.2 Å². The topological polar surface area (TPSA) is 106 Å². The van der Waals surface area contributed by atoms with Crippen molar-refractivity contribution in [1.82, 2.24) is 24.8 Å². The van der Waals surface area contributed by atoms with E-state index in [0.29, 0.717) is 18.6 Å². The van der Waals surface area contributed by atoms with Crippen molar-refractivity contribution in [2.24, 2.45) is 5.73 Å². The van der Waals surface area contributed by atoms with Crippen LogP contribution in [0.3, 0.4) is 0 Å². The van der Waals surface area contributed by atoms with E-state index in [1.54, 1.807) is 16.6 Å². The third kappa shape index (κ3) is 4.59. The van der Waals surface area contributed by atoms with Gasteiger partial charge in [-0.15, -0.1) is 0 Å². The molecule has 8 nitrogen and oxygen atoms in total. The lowest BCUT2D eigenvalue weighted by Gasteiger charge is -2.36. The molecule has 4 aromatic rings. The monoisotopic (exact) mass is 524 g/mol. The minimum atomic E-state index is -1.13. The second-order valence-corrected chi connectivity index (χ2v) is 10.1. The number of piperidine rings is 1. The number of hydrogen-bond donors (Lipinski definition) is 2. The van der Waals surface area contributed by atoms with Gasteiger partial charge in [-0.25, -0.2) is 13.9 Å². The molecule has 3 atom stereocenters. The maximum atomic E-state index is 15.0. The smallest absolute Gasteiger partial charge is 0.269 e. The molecule has 6 rings (SSSR count). The lowest BCUT2D eigenvalue weighted by atomic mass is 9.98. The highest BCUT2D eigenvalue weighted by molar-refractivity contribution is 5.91. The number of rotatable bonds is 6. The average molecular weight is 525 g/mol. The quantitative estimate of drug-likeness (QED) is 0.373. The summed E-state index contributed by atoms with van der Waals surface area (Å²) >= 11 is 0. The summed E-state index contributed by atoms with van der Waals surface area (Å²) in [5.74, 6) is -0.826. The molecule has 0 bridgehead atoms. The molecule has 1 aliphatic carbocycles. The number of aryl methyl sites for hydroxylation is 1. The fourth-order valence-corrected chi connectivity index (χ4v) is 5.74. The number of nitrogens with zero attached hydrogens (tertiary/aromatic N) is 4. The van der Waals surface area contributed by atoms with Gasteiger partial charge in [-0.3, -0.25) is 9.59 Å². The van der Waals surface area contributed by atoms with Gasteiger partial charge in [0.1, 0.15) is 17.6 Å². The molecule has 2 aromatic heterocycles. The van der Waals surface area contributed by atoms with Gasteiger partial charge in [0.25, 0.3) is 5.91 Å². The van der Waals surface area contributed by atoms with Crippen molar-refractivity contribution < 1.29 is 14.0 Å². The molecule has 3 N–H and O–H groups in total. The van der Waals surface area contributed by atoms with E-state index >= 15 is 0 Å². The summed E-state index contributed by atoms with van der Waals surface area (Å²) in [5, 5.41) is 8.00. The van der Waals surface area contributed by atoms with Gasteiger partial charge in [-0.1, -0.05) is 49.0 Å². The summed E-state index contributed by atoms with van der Waals surface area (Å²) in [7, 11) is 0. The summed E-state index contributed by atoms with van der Waals surface area (Å²) < 4.78 is 16.6. The van der Waals surface area contributed by atoms with E-state index in [-0.39, 0.29) is 30.2 Å². The Hall–Kier alpha value is -4.37. The number of nitrogens with one attached hydrogen (secondary N) is 1. The summed E-state index contributed by atoms with van der Waals surface area (Å²) in [6, 6.07) is 19.2. The number of alkyl halides is 1. The standard InChI is InChI=1S/C30H29FN6O2/c1-2-27(38)36-15-14-24(22(31)17-36)33-23-11-9-19-16-20(8-10-21(19)23)28-29(18-6-4-3-5-7-18)37-26(34-28)13-12-25(35-37)30(32)39/h2-8,10,12-13,16,22-24,33H,1,9,11,14-15,17H2,(H2,32,39)/t22?,23-,24?/m0/s1. The van der Waals surface area contributed by atoms with E-state index in [2.05, 4.69) is 29.1 Å². The van der Waals surface area contributed by atoms with Crippen molar-refractivity contribution in [3.05, 3.63) is 90.1 Å². The summed E-state index contributed by atoms with van der Waals surface area (Å²) in [6.07, 6.45) is 2.41. The van der Waals surface area contributed by atoms with Gasteiger partial charge in [-0.2, -0.15) is 5.10 Å². The zero-order chi connectivity index (χ0) is 27.1. The molecular formula is C30H29FN6O2. The van der Waals surface area contributed by atoms with Crippen LogP contribution in [0.1, 0.15) is 40.5 Å². The predicted molar refractivity (Wildman–Crippen MR) is 147 cm³/mol. The van der Waals surface area contributed by atoms with Gasteiger partial charge < -0.3 is 16.0 Å². The highest BCUT2D eigenvalue weighted by atomic mass is 19.1. The number of likely N-dealkylation sites (tertiary alicyclic amines) is 1. The molecular weight excluding hydrogens is 495 g/mol. The zero-order valence-electron chi connectivity index (χ0n) is 21.4. The summed E-state index contributed by atoms with van der Waals surface area (Å²) in [4.78, 5) is 30.1. The molecule has 2 aliphatic rings. The van der Waals surface area contributed by atoms with Gasteiger partial charge in [-0.05, 0) is 54.7 Å². The van der Waals surface area contributed by atoms with E-state index in [4.69, 9.17) is 10.7 Å². The van der Waals surface area contributed by atoms with E-state index in [1.165, 1.54) is 16.5 Å². The van der Waals surface area contributed by atoms with Crippen LogP contribution in [0.15, 0.2) is 73.3 Å². The van der Waals surface area contributed by atoms with Crippen LogP contribution in [0.4, 0.5) is 4.39 Å². The van der Waals surface area contributed by atoms with Crippen LogP contribution in [0.5, 0.6) is 0 Å². The summed E-state index contributed by atoms with van der Waals surface area (Å²) in [5.41, 5.74) is 12.0. The number of nitrogens with two attached hydrogens (primary N) is 1.